The maximum Gasteiger partial charge on any atom is 0.155 e. The zero-order valence-corrected chi connectivity index (χ0v) is 15.7. The number of nitrogens with one attached hydrogen (secondary N) is 1. The number of pyridine rings is 1. The van der Waals surface area contributed by atoms with Crippen molar-refractivity contribution in [1.29, 1.82) is 0 Å². The van der Waals surface area contributed by atoms with E-state index in [1.54, 1.807) is 12.4 Å². The number of halogens is 2. The number of hydrogen-bond acceptors (Lipinski definition) is 4. The van der Waals surface area contributed by atoms with E-state index in [9.17, 15) is 0 Å². The minimum atomic E-state index is -1.05. The summed E-state index contributed by atoms with van der Waals surface area (Å²) in [4.78, 5) is 8.52. The quantitative estimate of drug-likeness (QED) is 0.316. The Labute approximate surface area is 135 Å². The Morgan fingerprint density at radius 1 is 1.50 bits per heavy atom. The van der Waals surface area contributed by atoms with E-state index in [0.29, 0.717) is 23.3 Å². The molecule has 0 saturated carbocycles. The molecule has 20 heavy (non-hydrogen) atoms. The second-order valence-electron chi connectivity index (χ2n) is 5.54. The van der Waals surface area contributed by atoms with Crippen molar-refractivity contribution in [2.75, 3.05) is 18.7 Å². The molecule has 0 atom stereocenters. The molecule has 7 heteroatoms. The van der Waals surface area contributed by atoms with Gasteiger partial charge in [-0.15, -0.1) is 0 Å². The first-order chi connectivity index (χ1) is 9.35. The summed E-state index contributed by atoms with van der Waals surface area (Å²) >= 11 is 9.54. The number of nitrogens with zero attached hydrogens (tertiary/aromatic N) is 2. The van der Waals surface area contributed by atoms with Crippen molar-refractivity contribution >= 4 is 53.3 Å². The van der Waals surface area contributed by atoms with Gasteiger partial charge < -0.3 is 10.1 Å². The van der Waals surface area contributed by atoms with Crippen molar-refractivity contribution in [3.8, 4) is 0 Å². The zero-order valence-electron chi connectivity index (χ0n) is 12.3. The van der Waals surface area contributed by atoms with Crippen LogP contribution in [0.4, 0.5) is 11.5 Å². The number of anilines is 1. The molecular weight excluding hydrogens is 358 g/mol. The molecule has 0 unspecified atom stereocenters. The van der Waals surface area contributed by atoms with Gasteiger partial charge in [0.2, 0.25) is 0 Å². The van der Waals surface area contributed by atoms with Crippen molar-refractivity contribution in [1.82, 2.24) is 4.98 Å². The fraction of sp³-hybridized carbons (Fsp3) is 0.538. The highest BCUT2D eigenvalue weighted by Crippen LogP contribution is 2.36. The van der Waals surface area contributed by atoms with E-state index in [1.165, 1.54) is 0 Å². The molecule has 0 amide bonds. The first kappa shape index (κ1) is 17.6. The highest BCUT2D eigenvalue weighted by Gasteiger charge is 2.13. The predicted octanol–water partition coefficient (Wildman–Crippen LogP) is 4.94. The number of rotatable bonds is 7. The maximum atomic E-state index is 6.20. The Balaban J connectivity index is 2.58. The fourth-order valence-electron chi connectivity index (χ4n) is 1.40. The van der Waals surface area contributed by atoms with Crippen LogP contribution in [-0.2, 0) is 4.74 Å². The lowest BCUT2D eigenvalue weighted by Gasteiger charge is -2.16. The molecule has 0 aliphatic carbocycles. The number of aromatic nitrogens is 1. The Kier molecular flexibility index (Phi) is 7.15. The standard InChI is InChI=1S/C13H21BrClN3OSi/c1-5-16-12-11(15)10(14)8-17-13(12)18-9-19-6-7-20(2,3)4/h5,8H,6-7,9H2,1-4H3,(H,17,18)/b16-5-. The van der Waals surface area contributed by atoms with Gasteiger partial charge in [0.1, 0.15) is 12.4 Å². The van der Waals surface area contributed by atoms with Gasteiger partial charge in [-0.1, -0.05) is 31.2 Å². The summed E-state index contributed by atoms with van der Waals surface area (Å²) in [6, 6.07) is 1.14. The lowest BCUT2D eigenvalue weighted by Crippen LogP contribution is -2.22. The number of hydrogen-bond donors (Lipinski definition) is 1. The maximum absolute atomic E-state index is 6.20. The van der Waals surface area contributed by atoms with Crippen LogP contribution in [0, 0.1) is 0 Å². The molecule has 1 N–H and O–H groups in total. The second kappa shape index (κ2) is 8.12. The van der Waals surface area contributed by atoms with Gasteiger partial charge in [-0.2, -0.15) is 0 Å². The Bertz CT molecular complexity index is 477. The molecule has 0 aliphatic heterocycles. The van der Waals surface area contributed by atoms with Crippen molar-refractivity contribution in [3.05, 3.63) is 15.7 Å². The first-order valence-electron chi connectivity index (χ1n) is 6.49. The third kappa shape index (κ3) is 5.91. The Hall–Kier alpha value is -0.433. The van der Waals surface area contributed by atoms with Crippen LogP contribution in [0.3, 0.4) is 0 Å². The first-order valence-corrected chi connectivity index (χ1v) is 11.4. The van der Waals surface area contributed by atoms with Crippen LogP contribution in [0.15, 0.2) is 15.7 Å². The smallest absolute Gasteiger partial charge is 0.155 e. The Morgan fingerprint density at radius 2 is 2.20 bits per heavy atom. The van der Waals surface area contributed by atoms with E-state index in [-0.39, 0.29) is 0 Å². The highest BCUT2D eigenvalue weighted by atomic mass is 79.9. The number of aliphatic imine (C=N–C) groups is 1. The van der Waals surface area contributed by atoms with E-state index in [1.807, 2.05) is 6.92 Å². The normalized spacial score (nSPS) is 12.1. The third-order valence-electron chi connectivity index (χ3n) is 2.55. The molecule has 0 radical (unpaired) electrons. The van der Waals surface area contributed by atoms with Crippen LogP contribution in [-0.4, -0.2) is 32.6 Å². The molecule has 0 spiro atoms. The summed E-state index contributed by atoms with van der Waals surface area (Å²) in [5.41, 5.74) is 0.623. The molecule has 0 fully saturated rings. The molecule has 0 bridgehead atoms. The van der Waals surface area contributed by atoms with Crippen LogP contribution < -0.4 is 5.32 Å². The van der Waals surface area contributed by atoms with Crippen molar-refractivity contribution in [3.63, 3.8) is 0 Å². The van der Waals surface area contributed by atoms with Gasteiger partial charge in [0.05, 0.1) is 9.50 Å². The van der Waals surface area contributed by atoms with Crippen LogP contribution >= 0.6 is 27.5 Å². The molecule has 1 aromatic heterocycles. The molecule has 4 nitrogen and oxygen atoms in total. The van der Waals surface area contributed by atoms with Crippen molar-refractivity contribution < 1.29 is 4.74 Å². The van der Waals surface area contributed by atoms with Gasteiger partial charge in [0, 0.05) is 27.1 Å². The van der Waals surface area contributed by atoms with Gasteiger partial charge in [-0.25, -0.2) is 4.98 Å². The molecule has 0 aromatic carbocycles. The molecule has 0 aliphatic rings. The summed E-state index contributed by atoms with van der Waals surface area (Å²) < 4.78 is 6.32. The lowest BCUT2D eigenvalue weighted by molar-refractivity contribution is 0.165. The van der Waals surface area contributed by atoms with Gasteiger partial charge in [-0.3, -0.25) is 4.99 Å². The minimum Gasteiger partial charge on any atom is -0.362 e. The van der Waals surface area contributed by atoms with Crippen LogP contribution in [0.25, 0.3) is 0 Å². The van der Waals surface area contributed by atoms with Crippen molar-refractivity contribution in [2.45, 2.75) is 32.6 Å². The summed E-state index contributed by atoms with van der Waals surface area (Å²) in [7, 11) is -1.05. The largest absolute Gasteiger partial charge is 0.362 e. The Morgan fingerprint density at radius 3 is 2.80 bits per heavy atom. The van der Waals surface area contributed by atoms with Gasteiger partial charge in [0.25, 0.3) is 0 Å². The van der Waals surface area contributed by atoms with Crippen LogP contribution in [0.2, 0.25) is 30.7 Å². The van der Waals surface area contributed by atoms with Gasteiger partial charge in [0.15, 0.2) is 5.82 Å². The zero-order chi connectivity index (χ0) is 15.2. The lowest BCUT2D eigenvalue weighted by atomic mass is 10.4. The minimum absolute atomic E-state index is 0.404. The summed E-state index contributed by atoms with van der Waals surface area (Å²) in [5.74, 6) is 0.629. The van der Waals surface area contributed by atoms with Crippen LogP contribution in [0.5, 0.6) is 0 Å². The summed E-state index contributed by atoms with van der Waals surface area (Å²) in [6.07, 6.45) is 3.34. The topological polar surface area (TPSA) is 46.5 Å². The number of ether oxygens (including phenoxy) is 1. The predicted molar refractivity (Wildman–Crippen MR) is 93.4 cm³/mol. The van der Waals surface area contributed by atoms with Gasteiger partial charge in [-0.05, 0) is 28.9 Å². The molecule has 1 rings (SSSR count). The molecule has 1 heterocycles. The second-order valence-corrected chi connectivity index (χ2v) is 12.4. The highest BCUT2D eigenvalue weighted by molar-refractivity contribution is 9.10. The summed E-state index contributed by atoms with van der Waals surface area (Å²) in [6.45, 7) is 9.99. The fourth-order valence-corrected chi connectivity index (χ4v) is 2.64. The third-order valence-corrected chi connectivity index (χ3v) is 5.46. The monoisotopic (exact) mass is 377 g/mol. The average molecular weight is 379 g/mol. The van der Waals surface area contributed by atoms with E-state index < -0.39 is 8.07 Å². The van der Waals surface area contributed by atoms with E-state index in [2.05, 4.69) is 50.9 Å². The molecule has 0 saturated heterocycles. The molecule has 1 aromatic rings. The SMILES string of the molecule is C/C=N\c1c(NCOCC[Si](C)(C)C)ncc(Br)c1Cl. The van der Waals surface area contributed by atoms with Gasteiger partial charge >= 0.3 is 0 Å². The van der Waals surface area contributed by atoms with E-state index in [4.69, 9.17) is 16.3 Å². The molecule has 112 valence electrons. The molecular formula is C13H21BrClN3OSi. The summed E-state index contributed by atoms with van der Waals surface area (Å²) in [5, 5.41) is 3.66. The van der Waals surface area contributed by atoms with E-state index in [0.717, 1.165) is 17.1 Å². The average Bonchev–Trinajstić information content (AvgIpc) is 2.36. The van der Waals surface area contributed by atoms with E-state index >= 15 is 0 Å². The van der Waals surface area contributed by atoms with Crippen molar-refractivity contribution in [2.24, 2.45) is 4.99 Å². The van der Waals surface area contributed by atoms with Crippen LogP contribution in [0.1, 0.15) is 6.92 Å².